The molecule has 0 heterocycles. The summed E-state index contributed by atoms with van der Waals surface area (Å²) in [6.07, 6.45) is 80.8. The van der Waals surface area contributed by atoms with Crippen molar-refractivity contribution < 1.29 is 28.6 Å². The van der Waals surface area contributed by atoms with E-state index in [0.717, 1.165) is 154 Å². The zero-order valence-electron chi connectivity index (χ0n) is 46.9. The van der Waals surface area contributed by atoms with E-state index in [0.29, 0.717) is 19.3 Å². The molecule has 0 aliphatic rings. The monoisotopic (exact) mass is 999 g/mol. The molecule has 0 bridgehead atoms. The van der Waals surface area contributed by atoms with E-state index in [1.807, 2.05) is 0 Å². The van der Waals surface area contributed by atoms with Crippen molar-refractivity contribution in [3.8, 4) is 0 Å². The maximum Gasteiger partial charge on any atom is 0.306 e. The van der Waals surface area contributed by atoms with Crippen molar-refractivity contribution >= 4 is 17.9 Å². The molecule has 0 aliphatic carbocycles. The Balaban J connectivity index is 4.36. The van der Waals surface area contributed by atoms with Gasteiger partial charge < -0.3 is 14.2 Å². The predicted octanol–water partition coefficient (Wildman–Crippen LogP) is 20.3. The Bertz CT molecular complexity index is 1470. The van der Waals surface area contributed by atoms with Gasteiger partial charge in [-0.25, -0.2) is 0 Å². The second kappa shape index (κ2) is 59.6. The number of carbonyl (C=O) groups excluding carboxylic acids is 3. The van der Waals surface area contributed by atoms with Crippen LogP contribution in [0.5, 0.6) is 0 Å². The van der Waals surface area contributed by atoms with Crippen molar-refractivity contribution in [3.05, 3.63) is 109 Å². The zero-order valence-corrected chi connectivity index (χ0v) is 46.9. The first kappa shape index (κ1) is 68.1. The van der Waals surface area contributed by atoms with Gasteiger partial charge in [-0.05, 0) is 122 Å². The number of rotatable bonds is 53. The average Bonchev–Trinajstić information content (AvgIpc) is 3.38. The second-order valence-electron chi connectivity index (χ2n) is 19.5. The minimum atomic E-state index is -0.796. The molecule has 1 unspecified atom stereocenters. The third kappa shape index (κ3) is 57.0. The third-order valence-corrected chi connectivity index (χ3v) is 12.5. The van der Waals surface area contributed by atoms with Gasteiger partial charge in [0.1, 0.15) is 13.2 Å². The highest BCUT2D eigenvalue weighted by molar-refractivity contribution is 5.71. The first-order valence-corrected chi connectivity index (χ1v) is 29.9. The zero-order chi connectivity index (χ0) is 52.2. The smallest absolute Gasteiger partial charge is 0.306 e. The Labute approximate surface area is 444 Å². The van der Waals surface area contributed by atoms with Crippen LogP contribution < -0.4 is 0 Å². The summed E-state index contributed by atoms with van der Waals surface area (Å²) >= 11 is 0. The van der Waals surface area contributed by atoms with Crippen molar-refractivity contribution in [1.29, 1.82) is 0 Å². The molecule has 0 aromatic heterocycles. The molecule has 6 heteroatoms. The maximum absolute atomic E-state index is 12.9. The van der Waals surface area contributed by atoms with Crippen LogP contribution in [0.4, 0.5) is 0 Å². The lowest BCUT2D eigenvalue weighted by molar-refractivity contribution is -0.167. The second-order valence-corrected chi connectivity index (χ2v) is 19.5. The Morgan fingerprint density at radius 2 is 0.569 bits per heavy atom. The van der Waals surface area contributed by atoms with Gasteiger partial charge in [0, 0.05) is 19.3 Å². The fraction of sp³-hybridized carbons (Fsp3) is 0.682. The quantitative estimate of drug-likeness (QED) is 0.0261. The van der Waals surface area contributed by atoms with Crippen molar-refractivity contribution in [2.45, 2.75) is 277 Å². The van der Waals surface area contributed by atoms with Gasteiger partial charge in [0.25, 0.3) is 0 Å². The van der Waals surface area contributed by atoms with E-state index in [1.54, 1.807) is 0 Å². The fourth-order valence-corrected chi connectivity index (χ4v) is 8.01. The molecule has 0 saturated carbocycles. The minimum Gasteiger partial charge on any atom is -0.462 e. The van der Waals surface area contributed by atoms with Crippen molar-refractivity contribution in [2.75, 3.05) is 13.2 Å². The lowest BCUT2D eigenvalue weighted by Crippen LogP contribution is -2.30. The highest BCUT2D eigenvalue weighted by atomic mass is 16.6. The van der Waals surface area contributed by atoms with Gasteiger partial charge in [0.15, 0.2) is 6.10 Å². The topological polar surface area (TPSA) is 78.9 Å². The Kier molecular flexibility index (Phi) is 56.4. The molecule has 0 aromatic rings. The van der Waals surface area contributed by atoms with Gasteiger partial charge >= 0.3 is 17.9 Å². The van der Waals surface area contributed by atoms with Gasteiger partial charge in [-0.2, -0.15) is 0 Å². The summed E-state index contributed by atoms with van der Waals surface area (Å²) in [5.74, 6) is -0.924. The summed E-state index contributed by atoms with van der Waals surface area (Å²) < 4.78 is 16.9. The number of esters is 3. The standard InChI is InChI=1S/C66H110O6/c1-4-7-10-13-16-19-22-25-27-29-30-31-32-33-34-35-36-37-39-41-44-47-50-53-56-59-65(68)71-62-63(61-70-64(67)58-55-52-49-46-43-40-24-21-18-15-12-9-6-3)72-66(69)60-57-54-51-48-45-42-38-28-26-23-20-17-14-11-8-5-2/h7,10,12,15-16,19-21,23-25,27-28,30-31,33-34,38,63H,4-6,8-9,11,13-14,17-18,22,26,29,32,35-37,39-62H2,1-3H3/b10-7-,15-12-,19-16-,23-20-,24-21-,27-25-,31-30-,34-33-,38-28-. The van der Waals surface area contributed by atoms with E-state index < -0.39 is 6.10 Å². The molecule has 0 amide bonds. The number of hydrogen-bond donors (Lipinski definition) is 0. The van der Waals surface area contributed by atoms with Crippen LogP contribution in [0, 0.1) is 0 Å². The largest absolute Gasteiger partial charge is 0.462 e. The predicted molar refractivity (Wildman–Crippen MR) is 311 cm³/mol. The fourth-order valence-electron chi connectivity index (χ4n) is 8.01. The molecule has 0 fully saturated rings. The first-order chi connectivity index (χ1) is 35.5. The molecule has 0 radical (unpaired) electrons. The summed E-state index contributed by atoms with van der Waals surface area (Å²) in [4.78, 5) is 38.2. The van der Waals surface area contributed by atoms with E-state index in [9.17, 15) is 14.4 Å². The van der Waals surface area contributed by atoms with Gasteiger partial charge in [-0.15, -0.1) is 0 Å². The lowest BCUT2D eigenvalue weighted by Gasteiger charge is -2.18. The minimum absolute atomic E-state index is 0.0926. The summed E-state index contributed by atoms with van der Waals surface area (Å²) in [7, 11) is 0. The molecular weight excluding hydrogens is 889 g/mol. The van der Waals surface area contributed by atoms with Gasteiger partial charge in [0.05, 0.1) is 0 Å². The highest BCUT2D eigenvalue weighted by Crippen LogP contribution is 2.15. The van der Waals surface area contributed by atoms with Crippen LogP contribution in [0.1, 0.15) is 271 Å². The molecule has 1 atom stereocenters. The SMILES string of the molecule is CC/C=C\C/C=C\C/C=C\C/C=C\C/C=C\CCCCCCCCCCCC(=O)OCC(COC(=O)CCCCCCC/C=C\C/C=C\CCC)OC(=O)CCCCCCC/C=C\C/C=C\CCCCCC. The molecule has 0 N–H and O–H groups in total. The first-order valence-electron chi connectivity index (χ1n) is 29.9. The van der Waals surface area contributed by atoms with Crippen LogP contribution in [-0.2, 0) is 28.6 Å². The number of carbonyl (C=O) groups is 3. The van der Waals surface area contributed by atoms with Gasteiger partial charge in [-0.3, -0.25) is 14.4 Å². The Morgan fingerprint density at radius 3 is 0.903 bits per heavy atom. The van der Waals surface area contributed by atoms with Crippen LogP contribution in [-0.4, -0.2) is 37.2 Å². The van der Waals surface area contributed by atoms with E-state index >= 15 is 0 Å². The third-order valence-electron chi connectivity index (χ3n) is 12.5. The van der Waals surface area contributed by atoms with Crippen LogP contribution in [0.25, 0.3) is 0 Å². The van der Waals surface area contributed by atoms with Crippen molar-refractivity contribution in [1.82, 2.24) is 0 Å². The summed E-state index contributed by atoms with van der Waals surface area (Å²) in [5, 5.41) is 0. The summed E-state index contributed by atoms with van der Waals surface area (Å²) in [5.41, 5.74) is 0. The van der Waals surface area contributed by atoms with E-state index in [-0.39, 0.29) is 31.1 Å². The normalized spacial score (nSPS) is 12.9. The van der Waals surface area contributed by atoms with Crippen LogP contribution >= 0.6 is 0 Å². The lowest BCUT2D eigenvalue weighted by atomic mass is 10.1. The molecule has 0 saturated heterocycles. The number of allylic oxidation sites excluding steroid dienone is 18. The van der Waals surface area contributed by atoms with Crippen LogP contribution in [0.3, 0.4) is 0 Å². The molecule has 0 rings (SSSR count). The van der Waals surface area contributed by atoms with Gasteiger partial charge in [-0.1, -0.05) is 239 Å². The van der Waals surface area contributed by atoms with E-state index in [2.05, 4.69) is 130 Å². The number of hydrogen-bond acceptors (Lipinski definition) is 6. The molecule has 0 aromatic carbocycles. The summed E-state index contributed by atoms with van der Waals surface area (Å²) in [6.45, 7) is 6.42. The molecule has 6 nitrogen and oxygen atoms in total. The molecule has 72 heavy (non-hydrogen) atoms. The molecule has 410 valence electrons. The molecular formula is C66H110O6. The van der Waals surface area contributed by atoms with Crippen LogP contribution in [0.2, 0.25) is 0 Å². The average molecular weight is 1000 g/mol. The summed E-state index contributed by atoms with van der Waals surface area (Å²) in [6, 6.07) is 0. The Morgan fingerprint density at radius 1 is 0.292 bits per heavy atom. The number of unbranched alkanes of at least 4 members (excludes halogenated alkanes) is 24. The van der Waals surface area contributed by atoms with Crippen molar-refractivity contribution in [2.24, 2.45) is 0 Å². The maximum atomic E-state index is 12.9. The molecule has 0 aliphatic heterocycles. The highest BCUT2D eigenvalue weighted by Gasteiger charge is 2.19. The Hall–Kier alpha value is -3.93. The van der Waals surface area contributed by atoms with Crippen LogP contribution in [0.15, 0.2) is 109 Å². The molecule has 0 spiro atoms. The van der Waals surface area contributed by atoms with Gasteiger partial charge in [0.2, 0.25) is 0 Å². The van der Waals surface area contributed by atoms with E-state index in [1.165, 1.54) is 77.0 Å². The van der Waals surface area contributed by atoms with Crippen molar-refractivity contribution in [3.63, 3.8) is 0 Å². The number of ether oxygens (including phenoxy) is 3. The van der Waals surface area contributed by atoms with E-state index in [4.69, 9.17) is 14.2 Å².